The average molecular weight is 440 g/mol. The molecule has 1 aromatic heterocycles. The summed E-state index contributed by atoms with van der Waals surface area (Å²) in [6, 6.07) is 14.6. The average Bonchev–Trinajstić information content (AvgIpc) is 3.26. The van der Waals surface area contributed by atoms with Crippen molar-refractivity contribution in [2.75, 3.05) is 11.4 Å². The molecule has 6 nitrogen and oxygen atoms in total. The molecule has 0 bridgehead atoms. The zero-order valence-electron chi connectivity index (χ0n) is 17.0. The lowest BCUT2D eigenvalue weighted by Gasteiger charge is -2.28. The Kier molecular flexibility index (Phi) is 4.71. The van der Waals surface area contributed by atoms with Gasteiger partial charge in [-0.15, -0.1) is 0 Å². The number of ether oxygens (including phenoxy) is 1. The lowest BCUT2D eigenvalue weighted by atomic mass is 10.0. The van der Waals surface area contributed by atoms with Gasteiger partial charge in [-0.3, -0.25) is 4.98 Å². The number of aromatic nitrogens is 1. The molecule has 2 N–H and O–H groups in total. The topological polar surface area (TPSA) is 85.5 Å². The lowest BCUT2D eigenvalue weighted by Crippen LogP contribution is -2.38. The van der Waals surface area contributed by atoms with E-state index in [9.17, 15) is 12.8 Å². The molecule has 0 amide bonds. The van der Waals surface area contributed by atoms with Crippen molar-refractivity contribution in [3.05, 3.63) is 71.7 Å². The van der Waals surface area contributed by atoms with Crippen LogP contribution >= 0.6 is 0 Å². The predicted molar refractivity (Wildman–Crippen MR) is 116 cm³/mol. The molecule has 2 aliphatic rings. The van der Waals surface area contributed by atoms with Gasteiger partial charge in [-0.25, -0.2) is 17.9 Å². The summed E-state index contributed by atoms with van der Waals surface area (Å²) >= 11 is 0. The highest BCUT2D eigenvalue weighted by Gasteiger charge is 2.33. The van der Waals surface area contributed by atoms with Crippen molar-refractivity contribution in [3.8, 4) is 17.0 Å². The molecule has 3 aromatic rings. The molecule has 8 heteroatoms. The Morgan fingerprint density at radius 2 is 2.00 bits per heavy atom. The van der Waals surface area contributed by atoms with Crippen LogP contribution < -0.4 is 14.8 Å². The van der Waals surface area contributed by atoms with E-state index in [1.165, 1.54) is 12.1 Å². The number of fused-ring (bicyclic) bond motifs is 2. The van der Waals surface area contributed by atoms with Gasteiger partial charge in [0.05, 0.1) is 12.2 Å². The maximum absolute atomic E-state index is 14.2. The fourth-order valence-corrected chi connectivity index (χ4v) is 5.12. The minimum atomic E-state index is -4.14. The molecule has 5 rings (SSSR count). The summed E-state index contributed by atoms with van der Waals surface area (Å²) in [5.41, 5.74) is 4.55. The Hall–Kier alpha value is -2.97. The third kappa shape index (κ3) is 3.66. The number of primary sulfonamides is 1. The maximum Gasteiger partial charge on any atom is 0.241 e. The molecule has 0 spiro atoms. The first kappa shape index (κ1) is 20.0. The number of rotatable bonds is 4. The highest BCUT2D eigenvalue weighted by atomic mass is 32.2. The molecule has 0 aliphatic carbocycles. The van der Waals surface area contributed by atoms with E-state index in [0.717, 1.165) is 34.6 Å². The quantitative estimate of drug-likeness (QED) is 0.674. The molecule has 3 heterocycles. The van der Waals surface area contributed by atoms with E-state index in [1.807, 2.05) is 37.3 Å². The van der Waals surface area contributed by atoms with E-state index in [-0.39, 0.29) is 12.1 Å². The summed E-state index contributed by atoms with van der Waals surface area (Å²) < 4.78 is 44.0. The molecule has 0 saturated carbocycles. The van der Waals surface area contributed by atoms with Crippen LogP contribution in [-0.4, -0.2) is 32.1 Å². The monoisotopic (exact) mass is 439 g/mol. The summed E-state index contributed by atoms with van der Waals surface area (Å²) in [7, 11) is -4.14. The molecule has 160 valence electrons. The summed E-state index contributed by atoms with van der Waals surface area (Å²) in [4.78, 5) is 6.02. The lowest BCUT2D eigenvalue weighted by molar-refractivity contribution is 0.235. The third-order valence-electron chi connectivity index (χ3n) is 5.96. The van der Waals surface area contributed by atoms with Crippen molar-refractivity contribution in [2.45, 2.75) is 36.8 Å². The molecule has 2 aromatic carbocycles. The van der Waals surface area contributed by atoms with Crippen molar-refractivity contribution >= 4 is 15.7 Å². The number of pyridine rings is 1. The van der Waals surface area contributed by atoms with Crippen LogP contribution in [0.2, 0.25) is 0 Å². The second-order valence-corrected chi connectivity index (χ2v) is 9.67. The highest BCUT2D eigenvalue weighted by molar-refractivity contribution is 7.89. The molecule has 2 atom stereocenters. The molecule has 0 saturated heterocycles. The molecular weight excluding hydrogens is 417 g/mol. The second kappa shape index (κ2) is 7.32. The minimum Gasteiger partial charge on any atom is -0.488 e. The van der Waals surface area contributed by atoms with Gasteiger partial charge in [-0.2, -0.15) is 0 Å². The fraction of sp³-hybridized carbons (Fsp3) is 0.261. The maximum atomic E-state index is 14.2. The first-order valence-corrected chi connectivity index (χ1v) is 11.7. The van der Waals surface area contributed by atoms with Crippen molar-refractivity contribution in [1.29, 1.82) is 0 Å². The molecule has 2 aliphatic heterocycles. The van der Waals surface area contributed by atoms with E-state index in [0.29, 0.717) is 18.7 Å². The molecular formula is C23H22FN3O3S. The van der Waals surface area contributed by atoms with Crippen molar-refractivity contribution in [1.82, 2.24) is 4.98 Å². The van der Waals surface area contributed by atoms with Crippen molar-refractivity contribution in [2.24, 2.45) is 5.14 Å². The number of sulfonamides is 1. The largest absolute Gasteiger partial charge is 0.488 e. The first-order chi connectivity index (χ1) is 14.8. The number of nitrogens with zero attached hydrogens (tertiary/aromatic N) is 2. The van der Waals surface area contributed by atoms with Crippen LogP contribution in [0.5, 0.6) is 5.75 Å². The Labute approximate surface area is 180 Å². The summed E-state index contributed by atoms with van der Waals surface area (Å²) in [5.74, 6) is 0.0444. The van der Waals surface area contributed by atoms with Gasteiger partial charge < -0.3 is 9.64 Å². The molecule has 0 radical (unpaired) electrons. The zero-order chi connectivity index (χ0) is 21.8. The van der Waals surface area contributed by atoms with E-state index >= 15 is 0 Å². The van der Waals surface area contributed by atoms with Gasteiger partial charge >= 0.3 is 0 Å². The number of nitrogens with two attached hydrogens (primary N) is 1. The van der Waals surface area contributed by atoms with Crippen molar-refractivity contribution in [3.63, 3.8) is 0 Å². The van der Waals surface area contributed by atoms with Crippen LogP contribution in [0.25, 0.3) is 11.3 Å². The van der Waals surface area contributed by atoms with Gasteiger partial charge in [0.15, 0.2) is 0 Å². The van der Waals surface area contributed by atoms with Gasteiger partial charge in [0.1, 0.15) is 22.6 Å². The van der Waals surface area contributed by atoms with E-state index in [2.05, 4.69) is 16.0 Å². The first-order valence-electron chi connectivity index (χ1n) is 10.1. The van der Waals surface area contributed by atoms with E-state index in [1.54, 1.807) is 6.20 Å². The second-order valence-electron chi connectivity index (χ2n) is 8.14. The van der Waals surface area contributed by atoms with Crippen LogP contribution in [0.3, 0.4) is 0 Å². The number of hydrogen-bond donors (Lipinski definition) is 1. The van der Waals surface area contributed by atoms with Crippen LogP contribution in [0.4, 0.5) is 10.1 Å². The highest BCUT2D eigenvalue weighted by Crippen LogP contribution is 2.38. The van der Waals surface area contributed by atoms with Crippen LogP contribution in [0, 0.1) is 5.82 Å². The molecule has 0 fully saturated rings. The van der Waals surface area contributed by atoms with Gasteiger partial charge in [-0.1, -0.05) is 6.07 Å². The van der Waals surface area contributed by atoms with Crippen LogP contribution in [-0.2, 0) is 22.9 Å². The van der Waals surface area contributed by atoms with Gasteiger partial charge in [-0.05, 0) is 66.9 Å². The fourth-order valence-electron chi connectivity index (χ4n) is 4.51. The number of hydrogen-bond acceptors (Lipinski definition) is 5. The Morgan fingerprint density at radius 3 is 2.74 bits per heavy atom. The molecule has 31 heavy (non-hydrogen) atoms. The van der Waals surface area contributed by atoms with E-state index < -0.39 is 20.7 Å². The van der Waals surface area contributed by atoms with Crippen molar-refractivity contribution < 1.29 is 17.5 Å². The van der Waals surface area contributed by atoms with E-state index in [4.69, 9.17) is 9.88 Å². The smallest absolute Gasteiger partial charge is 0.241 e. The number of halogens is 1. The van der Waals surface area contributed by atoms with Gasteiger partial charge in [0, 0.05) is 29.9 Å². The van der Waals surface area contributed by atoms with Crippen LogP contribution in [0.1, 0.15) is 18.1 Å². The zero-order valence-corrected chi connectivity index (χ0v) is 17.8. The Balaban J connectivity index is 1.39. The van der Waals surface area contributed by atoms with Gasteiger partial charge in [0.25, 0.3) is 0 Å². The third-order valence-corrected chi connectivity index (χ3v) is 6.89. The Bertz CT molecular complexity index is 1260. The van der Waals surface area contributed by atoms with Gasteiger partial charge in [0.2, 0.25) is 10.0 Å². The Morgan fingerprint density at radius 1 is 1.16 bits per heavy atom. The minimum absolute atomic E-state index is 0.0923. The standard InChI is InChI=1S/C23H22FN3O3S/c1-14-8-16-11-19(24)23(31(25,28)29)12-21(16)27(14)13-18-10-17-9-15(5-6-22(17)30-18)20-4-2-3-7-26-20/h2-7,9,11-12,14,18H,8,10,13H2,1H3,(H2,25,28,29)/t14-,18?/m1/s1. The van der Waals surface area contributed by atoms with Crippen LogP contribution in [0.15, 0.2) is 59.6 Å². The SMILES string of the molecule is C[C@@H]1Cc2cc(F)c(S(N)(=O)=O)cc2N1CC1Cc2cc(-c3ccccn3)ccc2O1. The number of anilines is 1. The summed E-state index contributed by atoms with van der Waals surface area (Å²) in [6.07, 6.45) is 3.05. The predicted octanol–water partition coefficient (Wildman–Crippen LogP) is 3.29. The summed E-state index contributed by atoms with van der Waals surface area (Å²) in [6.45, 7) is 2.60. The molecule has 1 unspecified atom stereocenters. The number of benzene rings is 2. The summed E-state index contributed by atoms with van der Waals surface area (Å²) in [5, 5.41) is 5.20. The normalized spacial score (nSPS) is 19.8.